The molecule has 1 aliphatic rings. The average Bonchev–Trinajstić information content (AvgIpc) is 3.49. The molecule has 30 heavy (non-hydrogen) atoms. The maximum Gasteiger partial charge on any atom is 0.289 e. The van der Waals surface area contributed by atoms with E-state index in [9.17, 15) is 14.4 Å². The maximum absolute atomic E-state index is 12.5. The Morgan fingerprint density at radius 2 is 1.67 bits per heavy atom. The normalized spacial score (nSPS) is 14.1. The lowest BCUT2D eigenvalue weighted by Crippen LogP contribution is -2.50. The van der Waals surface area contributed by atoms with Crippen LogP contribution in [-0.2, 0) is 11.3 Å². The molecule has 2 amide bonds. The smallest absolute Gasteiger partial charge is 0.289 e. The first-order chi connectivity index (χ1) is 14.6. The van der Waals surface area contributed by atoms with Crippen LogP contribution in [0.5, 0.6) is 0 Å². The molecule has 1 fully saturated rings. The Hall–Kier alpha value is -3.62. The maximum atomic E-state index is 12.5. The highest BCUT2D eigenvalue weighted by Gasteiger charge is 2.25. The van der Waals surface area contributed by atoms with E-state index in [4.69, 9.17) is 8.83 Å². The second-order valence-electron chi connectivity index (χ2n) is 7.01. The number of carbonyl (C=O) groups excluding carboxylic acids is 2. The predicted molar refractivity (Wildman–Crippen MR) is 107 cm³/mol. The molecular formula is C21H22N4O5. The number of hydrogen-bond donors (Lipinski definition) is 0. The van der Waals surface area contributed by atoms with Crippen molar-refractivity contribution in [3.05, 3.63) is 65.0 Å². The van der Waals surface area contributed by atoms with Gasteiger partial charge in [0.15, 0.2) is 11.5 Å². The number of furan rings is 2. The highest BCUT2D eigenvalue weighted by molar-refractivity contribution is 5.91. The van der Waals surface area contributed by atoms with Crippen LogP contribution in [0.15, 0.2) is 62.6 Å². The molecule has 0 unspecified atom stereocenters. The number of amides is 2. The van der Waals surface area contributed by atoms with Crippen molar-refractivity contribution in [3.63, 3.8) is 0 Å². The highest BCUT2D eigenvalue weighted by Crippen LogP contribution is 2.15. The number of aryl methyl sites for hydroxylation is 1. The van der Waals surface area contributed by atoms with Gasteiger partial charge in [-0.05, 0) is 36.8 Å². The molecule has 156 valence electrons. The van der Waals surface area contributed by atoms with Gasteiger partial charge in [0.05, 0.1) is 12.5 Å². The van der Waals surface area contributed by atoms with Gasteiger partial charge < -0.3 is 18.6 Å². The summed E-state index contributed by atoms with van der Waals surface area (Å²) in [6, 6.07) is 9.91. The summed E-state index contributed by atoms with van der Waals surface area (Å²) in [5, 5.41) is 4.31. The third-order valence-electron chi connectivity index (χ3n) is 5.05. The van der Waals surface area contributed by atoms with E-state index in [1.54, 1.807) is 46.4 Å². The first-order valence-electron chi connectivity index (χ1n) is 9.84. The van der Waals surface area contributed by atoms with Crippen molar-refractivity contribution in [1.29, 1.82) is 0 Å². The molecule has 0 atom stereocenters. The molecule has 0 aliphatic carbocycles. The van der Waals surface area contributed by atoms with Gasteiger partial charge in [-0.25, -0.2) is 4.68 Å². The molecular weight excluding hydrogens is 388 g/mol. The zero-order valence-corrected chi connectivity index (χ0v) is 16.4. The third-order valence-corrected chi connectivity index (χ3v) is 5.05. The molecule has 9 heteroatoms. The van der Waals surface area contributed by atoms with Gasteiger partial charge >= 0.3 is 0 Å². The summed E-state index contributed by atoms with van der Waals surface area (Å²) >= 11 is 0. The van der Waals surface area contributed by atoms with Crippen molar-refractivity contribution >= 4 is 11.8 Å². The number of rotatable bonds is 6. The molecule has 0 saturated carbocycles. The van der Waals surface area contributed by atoms with Crippen LogP contribution in [0, 0.1) is 0 Å². The lowest BCUT2D eigenvalue weighted by molar-refractivity contribution is -0.132. The third kappa shape index (κ3) is 4.35. The molecule has 1 aliphatic heterocycles. The van der Waals surface area contributed by atoms with Crippen molar-refractivity contribution in [2.24, 2.45) is 0 Å². The van der Waals surface area contributed by atoms with Crippen molar-refractivity contribution in [2.45, 2.75) is 19.4 Å². The Morgan fingerprint density at radius 1 is 0.933 bits per heavy atom. The number of hydrogen-bond acceptors (Lipinski definition) is 6. The summed E-state index contributed by atoms with van der Waals surface area (Å²) in [5.41, 5.74) is 0.353. The molecule has 4 rings (SSSR count). The van der Waals surface area contributed by atoms with Gasteiger partial charge in [-0.15, -0.1) is 0 Å². The molecule has 0 spiro atoms. The van der Waals surface area contributed by atoms with Gasteiger partial charge in [0.25, 0.3) is 11.5 Å². The van der Waals surface area contributed by atoms with Crippen LogP contribution in [0.4, 0.5) is 0 Å². The zero-order chi connectivity index (χ0) is 20.9. The average molecular weight is 410 g/mol. The van der Waals surface area contributed by atoms with Crippen LogP contribution in [0.3, 0.4) is 0 Å². The Morgan fingerprint density at radius 3 is 2.37 bits per heavy atom. The van der Waals surface area contributed by atoms with Crippen molar-refractivity contribution in [3.8, 4) is 11.5 Å². The molecule has 4 heterocycles. The zero-order valence-electron chi connectivity index (χ0n) is 16.4. The van der Waals surface area contributed by atoms with Crippen LogP contribution in [0.25, 0.3) is 11.5 Å². The minimum atomic E-state index is -0.220. The van der Waals surface area contributed by atoms with Crippen LogP contribution in [-0.4, -0.2) is 57.6 Å². The Labute approximate surface area is 172 Å². The second-order valence-corrected chi connectivity index (χ2v) is 7.01. The number of nitrogens with zero attached hydrogens (tertiary/aromatic N) is 4. The van der Waals surface area contributed by atoms with Crippen molar-refractivity contribution < 1.29 is 18.4 Å². The van der Waals surface area contributed by atoms with Gasteiger partial charge in [-0.2, -0.15) is 5.10 Å². The van der Waals surface area contributed by atoms with Gasteiger partial charge in [-0.3, -0.25) is 14.4 Å². The van der Waals surface area contributed by atoms with Crippen LogP contribution in [0.2, 0.25) is 0 Å². The monoisotopic (exact) mass is 410 g/mol. The minimum absolute atomic E-state index is 0.00957. The fourth-order valence-electron chi connectivity index (χ4n) is 3.42. The van der Waals surface area contributed by atoms with Gasteiger partial charge in [-0.1, -0.05) is 0 Å². The van der Waals surface area contributed by atoms with Crippen LogP contribution < -0.4 is 5.56 Å². The second kappa shape index (κ2) is 8.81. The number of piperazine rings is 1. The van der Waals surface area contributed by atoms with Gasteiger partial charge in [0.2, 0.25) is 5.91 Å². The first-order valence-corrected chi connectivity index (χ1v) is 9.84. The topological polar surface area (TPSA) is 102 Å². The van der Waals surface area contributed by atoms with Gasteiger partial charge in [0, 0.05) is 45.2 Å². The Bertz CT molecular complexity index is 1050. The Kier molecular flexibility index (Phi) is 5.78. The summed E-state index contributed by atoms with van der Waals surface area (Å²) in [5.74, 6) is 0.746. The van der Waals surface area contributed by atoms with E-state index in [0.29, 0.717) is 62.8 Å². The predicted octanol–water partition coefficient (Wildman–Crippen LogP) is 1.86. The minimum Gasteiger partial charge on any atom is -0.463 e. The highest BCUT2D eigenvalue weighted by atomic mass is 16.3. The van der Waals surface area contributed by atoms with E-state index in [1.165, 1.54) is 17.0 Å². The van der Waals surface area contributed by atoms with Crippen molar-refractivity contribution in [1.82, 2.24) is 19.6 Å². The van der Waals surface area contributed by atoms with E-state index >= 15 is 0 Å². The number of aromatic nitrogens is 2. The van der Waals surface area contributed by atoms with E-state index in [1.807, 2.05) is 0 Å². The SMILES string of the molecule is O=C(CCCn1nc(-c2ccco2)ccc1=O)N1CCN(C(=O)c2ccco2)CC1. The van der Waals surface area contributed by atoms with Crippen molar-refractivity contribution in [2.75, 3.05) is 26.2 Å². The fourth-order valence-corrected chi connectivity index (χ4v) is 3.42. The number of carbonyl (C=O) groups is 2. The molecule has 0 aromatic carbocycles. The molecule has 9 nitrogen and oxygen atoms in total. The summed E-state index contributed by atoms with van der Waals surface area (Å²) < 4.78 is 11.8. The fraction of sp³-hybridized carbons (Fsp3) is 0.333. The quantitative estimate of drug-likeness (QED) is 0.615. The summed E-state index contributed by atoms with van der Waals surface area (Å²) in [7, 11) is 0. The summed E-state index contributed by atoms with van der Waals surface area (Å²) in [6.07, 6.45) is 3.83. The molecule has 1 saturated heterocycles. The Balaban J connectivity index is 1.26. The van der Waals surface area contributed by atoms with E-state index in [0.717, 1.165) is 0 Å². The lowest BCUT2D eigenvalue weighted by Gasteiger charge is -2.34. The summed E-state index contributed by atoms with van der Waals surface area (Å²) in [4.78, 5) is 40.3. The van der Waals surface area contributed by atoms with E-state index in [2.05, 4.69) is 5.10 Å². The van der Waals surface area contributed by atoms with E-state index in [-0.39, 0.29) is 17.4 Å². The molecule has 3 aromatic rings. The van der Waals surface area contributed by atoms with E-state index < -0.39 is 0 Å². The first kappa shape index (κ1) is 19.7. The van der Waals surface area contributed by atoms with Crippen LogP contribution in [0.1, 0.15) is 23.4 Å². The van der Waals surface area contributed by atoms with Crippen LogP contribution >= 0.6 is 0 Å². The standard InChI is InChI=1S/C21H22N4O5/c26-19(23-10-12-24(13-11-23)21(28)18-5-3-15-30-18)6-1-9-25-20(27)8-7-16(22-25)17-4-2-14-29-17/h2-5,7-8,14-15H,1,6,9-13H2. The molecule has 0 N–H and O–H groups in total. The summed E-state index contributed by atoms with van der Waals surface area (Å²) in [6.45, 7) is 2.25. The molecule has 3 aromatic heterocycles. The molecule has 0 radical (unpaired) electrons. The van der Waals surface area contributed by atoms with Gasteiger partial charge in [0.1, 0.15) is 5.69 Å². The largest absolute Gasteiger partial charge is 0.463 e. The lowest BCUT2D eigenvalue weighted by atomic mass is 10.2. The molecule has 0 bridgehead atoms.